The molecule has 33 heavy (non-hydrogen) atoms. The number of methoxy groups -OCH3 is 1. The van der Waals surface area contributed by atoms with Crippen LogP contribution in [0.4, 0.5) is 5.69 Å². The molecule has 0 spiro atoms. The molecule has 0 bridgehead atoms. The summed E-state index contributed by atoms with van der Waals surface area (Å²) >= 11 is 1.29. The Bertz CT molecular complexity index is 849. The Hall–Kier alpha value is -1.96. The average molecular weight is 479 g/mol. The molecule has 1 fully saturated rings. The van der Waals surface area contributed by atoms with E-state index >= 15 is 0 Å². The molecular formula is C26H40NO5S+. The van der Waals surface area contributed by atoms with E-state index in [2.05, 4.69) is 19.9 Å². The number of ketones is 1. The second-order valence-corrected chi connectivity index (χ2v) is 10.5. The van der Waals surface area contributed by atoms with Crippen molar-refractivity contribution in [1.82, 2.24) is 0 Å². The Morgan fingerprint density at radius 1 is 1.15 bits per heavy atom. The van der Waals surface area contributed by atoms with Crippen molar-refractivity contribution in [2.24, 2.45) is 11.8 Å². The Balaban J connectivity index is 2.48. The molecule has 0 aromatic carbocycles. The van der Waals surface area contributed by atoms with Gasteiger partial charge in [-0.15, -0.1) is 11.3 Å². The zero-order valence-electron chi connectivity index (χ0n) is 20.7. The number of rotatable bonds is 11. The number of carbonyl (C=O) groups excluding carboxylic acids is 1. The lowest BCUT2D eigenvalue weighted by atomic mass is 9.87. The summed E-state index contributed by atoms with van der Waals surface area (Å²) in [6.45, 7) is 10.1. The lowest BCUT2D eigenvalue weighted by Crippen LogP contribution is -2.45. The van der Waals surface area contributed by atoms with Crippen LogP contribution in [0.2, 0.25) is 0 Å². The molecule has 4 atom stereocenters. The minimum Gasteiger partial charge on any atom is -0.477 e. The van der Waals surface area contributed by atoms with Gasteiger partial charge in [0.1, 0.15) is 10.7 Å². The number of hydrogen-bond donors (Lipinski definition) is 1. The highest BCUT2D eigenvalue weighted by Gasteiger charge is 2.34. The first kappa shape index (κ1) is 27.3. The first-order valence-electron chi connectivity index (χ1n) is 11.8. The zero-order valence-corrected chi connectivity index (χ0v) is 21.5. The van der Waals surface area contributed by atoms with E-state index in [9.17, 15) is 14.7 Å². The smallest absolute Gasteiger partial charge is 0.348 e. The second-order valence-electron chi connectivity index (χ2n) is 9.39. The summed E-state index contributed by atoms with van der Waals surface area (Å²) in [5.41, 5.74) is 0.589. The molecule has 1 aromatic rings. The molecule has 1 saturated carbocycles. The first-order valence-corrected chi connectivity index (χ1v) is 12.6. The molecule has 0 aliphatic heterocycles. The minimum atomic E-state index is -0.975. The van der Waals surface area contributed by atoms with Crippen molar-refractivity contribution < 1.29 is 24.5 Å². The van der Waals surface area contributed by atoms with Gasteiger partial charge in [-0.05, 0) is 51.5 Å². The highest BCUT2D eigenvalue weighted by atomic mass is 32.1. The first-order chi connectivity index (χ1) is 15.5. The van der Waals surface area contributed by atoms with Gasteiger partial charge in [0, 0.05) is 24.8 Å². The van der Waals surface area contributed by atoms with Crippen molar-refractivity contribution in [3.63, 3.8) is 0 Å². The van der Waals surface area contributed by atoms with E-state index in [1.807, 2.05) is 50.0 Å². The molecule has 2 rings (SSSR count). The van der Waals surface area contributed by atoms with Crippen molar-refractivity contribution >= 4 is 28.8 Å². The van der Waals surface area contributed by atoms with Crippen molar-refractivity contribution in [1.29, 1.82) is 0 Å². The van der Waals surface area contributed by atoms with E-state index < -0.39 is 12.2 Å². The third-order valence-corrected chi connectivity index (χ3v) is 7.49. The number of carboxylic acid groups (broad SMARTS) is 1. The molecule has 1 heterocycles. The summed E-state index contributed by atoms with van der Waals surface area (Å²) in [6.07, 6.45) is 9.95. The fourth-order valence-corrected chi connectivity index (χ4v) is 5.20. The maximum atomic E-state index is 12.2. The Kier molecular flexibility index (Phi) is 10.3. The monoisotopic (exact) mass is 478 g/mol. The van der Waals surface area contributed by atoms with Crippen LogP contribution in [-0.2, 0) is 9.53 Å². The lowest BCUT2D eigenvalue weighted by Gasteiger charge is -2.33. The highest BCUT2D eigenvalue weighted by molar-refractivity contribution is 7.14. The lowest BCUT2D eigenvalue weighted by molar-refractivity contribution is -0.120. The average Bonchev–Trinajstić information content (AvgIpc) is 3.21. The summed E-state index contributed by atoms with van der Waals surface area (Å²) < 4.78 is 5.33. The number of allylic oxidation sites excluding steroid dienone is 1. The molecule has 1 aliphatic rings. The molecule has 0 saturated heterocycles. The number of Topliss-reactive ketones (excluding diaryl/α,β-unsaturated/α-hetero) is 1. The van der Waals surface area contributed by atoms with Crippen LogP contribution in [0.3, 0.4) is 0 Å². The molecule has 0 amide bonds. The third-order valence-electron chi connectivity index (χ3n) is 6.22. The van der Waals surface area contributed by atoms with Gasteiger partial charge in [0.2, 0.25) is 6.23 Å². The van der Waals surface area contributed by atoms with E-state index in [0.29, 0.717) is 24.4 Å². The van der Waals surface area contributed by atoms with Crippen molar-refractivity contribution in [2.45, 2.75) is 84.6 Å². The molecule has 184 valence electrons. The predicted octanol–water partition coefficient (Wildman–Crippen LogP) is 5.36. The summed E-state index contributed by atoms with van der Waals surface area (Å²) in [6, 6.07) is 1.76. The molecule has 1 aliphatic carbocycles. The number of ether oxygens (including phenoxy) is 1. The van der Waals surface area contributed by atoms with Crippen LogP contribution in [0.5, 0.6) is 0 Å². The fraction of sp³-hybridized carbons (Fsp3) is 0.615. The Morgan fingerprint density at radius 2 is 1.79 bits per heavy atom. The van der Waals surface area contributed by atoms with E-state index in [1.54, 1.807) is 7.11 Å². The predicted molar refractivity (Wildman–Crippen MR) is 136 cm³/mol. The maximum absolute atomic E-state index is 12.2. The number of carboxylic acids is 1. The van der Waals surface area contributed by atoms with Crippen LogP contribution in [0.15, 0.2) is 30.4 Å². The van der Waals surface area contributed by atoms with Gasteiger partial charge in [0.05, 0.1) is 23.8 Å². The Labute approximate surface area is 202 Å². The second kappa shape index (κ2) is 12.5. The molecule has 1 aromatic heterocycles. The number of nitrogens with zero attached hydrogens (tertiary/aromatic N) is 1. The molecule has 3 N–H and O–H groups in total. The largest absolute Gasteiger partial charge is 0.477 e. The van der Waals surface area contributed by atoms with E-state index in [1.165, 1.54) is 11.3 Å². The number of aromatic carboxylic acids is 1. The quantitative estimate of drug-likeness (QED) is 0.263. The van der Waals surface area contributed by atoms with Gasteiger partial charge >= 0.3 is 5.97 Å². The normalized spacial score (nSPS) is 19.3. The fourth-order valence-electron chi connectivity index (χ4n) is 4.04. The summed E-state index contributed by atoms with van der Waals surface area (Å²) in [5, 5.41) is 19.1. The molecule has 6 nitrogen and oxygen atoms in total. The zero-order chi connectivity index (χ0) is 24.7. The minimum absolute atomic E-state index is 0.0755. The highest BCUT2D eigenvalue weighted by Crippen LogP contribution is 2.41. The van der Waals surface area contributed by atoms with Crippen molar-refractivity contribution in [3.8, 4) is 0 Å². The molecule has 4 unspecified atom stereocenters. The molecular weight excluding hydrogens is 438 g/mol. The van der Waals surface area contributed by atoms with Gasteiger partial charge in [-0.1, -0.05) is 38.2 Å². The Morgan fingerprint density at radius 3 is 2.33 bits per heavy atom. The van der Waals surface area contributed by atoms with Crippen LogP contribution in [0.1, 0.15) is 80.8 Å². The van der Waals surface area contributed by atoms with Crippen LogP contribution in [0.25, 0.3) is 0 Å². The van der Waals surface area contributed by atoms with Gasteiger partial charge in [-0.25, -0.2) is 4.79 Å². The van der Waals surface area contributed by atoms with Crippen LogP contribution >= 0.6 is 11.3 Å². The van der Waals surface area contributed by atoms with Crippen molar-refractivity contribution in [2.75, 3.05) is 12.0 Å². The van der Waals surface area contributed by atoms with Gasteiger partial charge in [0.15, 0.2) is 0 Å². The number of hydrogen-bond acceptors (Lipinski definition) is 5. The van der Waals surface area contributed by atoms with Gasteiger partial charge in [-0.3, -0.25) is 9.69 Å². The van der Waals surface area contributed by atoms with E-state index in [0.717, 1.165) is 17.7 Å². The van der Waals surface area contributed by atoms with Crippen LogP contribution in [-0.4, -0.2) is 47.4 Å². The summed E-state index contributed by atoms with van der Waals surface area (Å²) in [4.78, 5) is 27.1. The van der Waals surface area contributed by atoms with E-state index in [-0.39, 0.29) is 34.6 Å². The van der Waals surface area contributed by atoms with Gasteiger partial charge in [0.25, 0.3) is 0 Å². The van der Waals surface area contributed by atoms with Crippen LogP contribution in [0, 0.1) is 11.8 Å². The van der Waals surface area contributed by atoms with Gasteiger partial charge < -0.3 is 14.9 Å². The standard InChI is InChI=1S/C26H39NO5S/c1-16(2)7-8-17(3)25(29)27(18(4)9-10-19(5)32-6)22-15-23(33-24(22)26(30)31)20-11-13-21(28)14-12-20/h7-10,15-20,25,29H,11-14H2,1-6H3,(H,30,31)/p+1/b8-7+,10-9+. The molecule has 0 radical (unpaired) electrons. The summed E-state index contributed by atoms with van der Waals surface area (Å²) in [5.74, 6) is -0.212. The molecule has 7 heteroatoms. The third kappa shape index (κ3) is 7.52. The number of anilines is 1. The SMILES string of the molecule is COC(C)/C=C/C(C)N(c1cc(C2CCC(=O)CC2)sc1C(=O)O)C([OH2+])C(C)/C=C/C(C)C. The maximum Gasteiger partial charge on any atom is 0.348 e. The number of carbonyl (C=O) groups is 2. The number of thiophene rings is 1. The van der Waals surface area contributed by atoms with Crippen LogP contribution < -0.4 is 4.90 Å². The van der Waals surface area contributed by atoms with Crippen molar-refractivity contribution in [3.05, 3.63) is 40.1 Å². The van der Waals surface area contributed by atoms with Gasteiger partial charge in [-0.2, -0.15) is 0 Å². The van der Waals surface area contributed by atoms with E-state index in [4.69, 9.17) is 9.84 Å². The topological polar surface area (TPSA) is 89.7 Å². The summed E-state index contributed by atoms with van der Waals surface area (Å²) in [7, 11) is 1.64.